The molecule has 0 bridgehead atoms. The minimum Gasteiger partial charge on any atom is -0.214 e. The lowest BCUT2D eigenvalue weighted by Crippen LogP contribution is -2.41. The van der Waals surface area contributed by atoms with Gasteiger partial charge in [-0.15, -0.1) is 0 Å². The van der Waals surface area contributed by atoms with E-state index in [1.54, 1.807) is 0 Å². The monoisotopic (exact) mass is 379 g/mol. The van der Waals surface area contributed by atoms with Gasteiger partial charge in [0, 0.05) is 12.0 Å². The smallest absolute Gasteiger partial charge is 0.208 e. The van der Waals surface area contributed by atoms with Gasteiger partial charge in [0.25, 0.3) is 0 Å². The molecule has 4 heteroatoms. The molecule has 0 atom stereocenters. The molecule has 0 fully saturated rings. The van der Waals surface area contributed by atoms with E-state index in [0.717, 1.165) is 24.0 Å². The molecule has 3 nitrogen and oxygen atoms in total. The summed E-state index contributed by atoms with van der Waals surface area (Å²) in [6, 6.07) is 30.7. The predicted octanol–water partition coefficient (Wildman–Crippen LogP) is 4.15. The molecule has 0 spiro atoms. The SMILES string of the molecule is CS(=O)(=O)NCC(CCc1ccccc1)(c1ccccc1)c1ccccc1. The van der Waals surface area contributed by atoms with E-state index < -0.39 is 15.4 Å². The van der Waals surface area contributed by atoms with Gasteiger partial charge in [-0.3, -0.25) is 0 Å². The van der Waals surface area contributed by atoms with E-state index >= 15 is 0 Å². The highest BCUT2D eigenvalue weighted by Gasteiger charge is 2.34. The van der Waals surface area contributed by atoms with Gasteiger partial charge in [-0.2, -0.15) is 0 Å². The van der Waals surface area contributed by atoms with Crippen molar-refractivity contribution >= 4 is 10.0 Å². The summed E-state index contributed by atoms with van der Waals surface area (Å²) >= 11 is 0. The Labute approximate surface area is 162 Å². The molecule has 140 valence electrons. The van der Waals surface area contributed by atoms with E-state index in [0.29, 0.717) is 6.54 Å². The number of rotatable bonds is 8. The Morgan fingerprint density at radius 2 is 1.19 bits per heavy atom. The first-order chi connectivity index (χ1) is 13.0. The zero-order valence-electron chi connectivity index (χ0n) is 15.5. The maximum atomic E-state index is 11.9. The van der Waals surface area contributed by atoms with Crippen LogP contribution in [0.4, 0.5) is 0 Å². The van der Waals surface area contributed by atoms with Crippen molar-refractivity contribution in [2.24, 2.45) is 0 Å². The summed E-state index contributed by atoms with van der Waals surface area (Å²) < 4.78 is 26.6. The lowest BCUT2D eigenvalue weighted by Gasteiger charge is -2.35. The highest BCUT2D eigenvalue weighted by molar-refractivity contribution is 7.88. The summed E-state index contributed by atoms with van der Waals surface area (Å²) in [5.74, 6) is 0. The summed E-state index contributed by atoms with van der Waals surface area (Å²) in [6.45, 7) is 0.326. The lowest BCUT2D eigenvalue weighted by molar-refractivity contribution is 0.461. The van der Waals surface area contributed by atoms with E-state index in [1.165, 1.54) is 11.8 Å². The maximum absolute atomic E-state index is 11.9. The van der Waals surface area contributed by atoms with E-state index in [1.807, 2.05) is 54.6 Å². The van der Waals surface area contributed by atoms with Gasteiger partial charge in [0.2, 0.25) is 10.0 Å². The minimum atomic E-state index is -3.31. The van der Waals surface area contributed by atoms with Crippen LogP contribution in [0.5, 0.6) is 0 Å². The molecule has 1 N–H and O–H groups in total. The Balaban J connectivity index is 2.06. The van der Waals surface area contributed by atoms with E-state index in [-0.39, 0.29) is 0 Å². The average Bonchev–Trinajstić information content (AvgIpc) is 2.70. The van der Waals surface area contributed by atoms with Crippen LogP contribution in [0.3, 0.4) is 0 Å². The van der Waals surface area contributed by atoms with Crippen LogP contribution < -0.4 is 4.72 Å². The molecule has 0 amide bonds. The van der Waals surface area contributed by atoms with Gasteiger partial charge in [0.05, 0.1) is 6.26 Å². The van der Waals surface area contributed by atoms with Gasteiger partial charge in [0.1, 0.15) is 0 Å². The second-order valence-electron chi connectivity index (χ2n) is 6.89. The Morgan fingerprint density at radius 1 is 0.741 bits per heavy atom. The molecule has 0 saturated carbocycles. The number of benzene rings is 3. The molecule has 3 aromatic rings. The summed E-state index contributed by atoms with van der Waals surface area (Å²) in [4.78, 5) is 0. The highest BCUT2D eigenvalue weighted by atomic mass is 32.2. The molecule has 3 rings (SSSR count). The predicted molar refractivity (Wildman–Crippen MR) is 111 cm³/mol. The molecular weight excluding hydrogens is 354 g/mol. The number of hydrogen-bond acceptors (Lipinski definition) is 2. The van der Waals surface area contributed by atoms with Crippen LogP contribution in [0.15, 0.2) is 91.0 Å². The zero-order valence-corrected chi connectivity index (χ0v) is 16.3. The van der Waals surface area contributed by atoms with Crippen molar-refractivity contribution < 1.29 is 8.42 Å². The van der Waals surface area contributed by atoms with E-state index in [2.05, 4.69) is 41.1 Å². The second-order valence-corrected chi connectivity index (χ2v) is 8.73. The topological polar surface area (TPSA) is 46.2 Å². The standard InChI is InChI=1S/C23H25NO2S/c1-27(25,26)24-19-23(21-13-7-3-8-14-21,22-15-9-4-10-16-22)18-17-20-11-5-2-6-12-20/h2-16,24H,17-19H2,1H3. The minimum absolute atomic E-state index is 0.326. The van der Waals surface area contributed by atoms with Crippen LogP contribution >= 0.6 is 0 Å². The maximum Gasteiger partial charge on any atom is 0.208 e. The summed E-state index contributed by atoms with van der Waals surface area (Å²) in [6.07, 6.45) is 2.87. The van der Waals surface area contributed by atoms with Gasteiger partial charge in [0.15, 0.2) is 0 Å². The Bertz CT molecular complexity index is 900. The Morgan fingerprint density at radius 3 is 1.63 bits per heavy atom. The fraction of sp³-hybridized carbons (Fsp3) is 0.217. The van der Waals surface area contributed by atoms with Crippen LogP contribution in [0.2, 0.25) is 0 Å². The summed E-state index contributed by atoms with van der Waals surface area (Å²) in [5.41, 5.74) is 3.03. The van der Waals surface area contributed by atoms with E-state index in [9.17, 15) is 8.42 Å². The van der Waals surface area contributed by atoms with Crippen molar-refractivity contribution in [1.82, 2.24) is 4.72 Å². The first-order valence-electron chi connectivity index (χ1n) is 9.09. The third-order valence-corrected chi connectivity index (χ3v) is 5.64. The van der Waals surface area contributed by atoms with Crippen LogP contribution in [-0.2, 0) is 21.9 Å². The number of aryl methyl sites for hydroxylation is 1. The first kappa shape index (κ1) is 19.3. The van der Waals surface area contributed by atoms with Gasteiger partial charge in [-0.1, -0.05) is 91.0 Å². The molecule has 0 unspecified atom stereocenters. The quantitative estimate of drug-likeness (QED) is 0.639. The molecule has 0 radical (unpaired) electrons. The molecule has 3 aromatic carbocycles. The third kappa shape index (κ3) is 5.06. The van der Waals surface area contributed by atoms with Gasteiger partial charge in [-0.05, 0) is 29.5 Å². The molecule has 0 heterocycles. The second kappa shape index (κ2) is 8.51. The van der Waals surface area contributed by atoms with Crippen molar-refractivity contribution in [3.63, 3.8) is 0 Å². The highest BCUT2D eigenvalue weighted by Crippen LogP contribution is 2.36. The molecular formula is C23H25NO2S. The van der Waals surface area contributed by atoms with Gasteiger partial charge in [-0.25, -0.2) is 13.1 Å². The zero-order chi connectivity index (χ0) is 19.2. The largest absolute Gasteiger partial charge is 0.214 e. The first-order valence-corrected chi connectivity index (χ1v) is 11.0. The van der Waals surface area contributed by atoms with Crippen molar-refractivity contribution in [1.29, 1.82) is 0 Å². The van der Waals surface area contributed by atoms with Crippen molar-refractivity contribution in [3.05, 3.63) is 108 Å². The number of hydrogen-bond donors (Lipinski definition) is 1. The fourth-order valence-electron chi connectivity index (χ4n) is 3.52. The molecule has 0 saturated heterocycles. The average molecular weight is 380 g/mol. The molecule has 0 aliphatic rings. The lowest BCUT2D eigenvalue weighted by atomic mass is 9.71. The fourth-order valence-corrected chi connectivity index (χ4v) is 4.03. The van der Waals surface area contributed by atoms with Crippen molar-refractivity contribution in [2.75, 3.05) is 12.8 Å². The molecule has 0 aliphatic heterocycles. The molecule has 27 heavy (non-hydrogen) atoms. The van der Waals surface area contributed by atoms with Crippen LogP contribution in [-0.4, -0.2) is 21.2 Å². The Hall–Kier alpha value is -2.43. The van der Waals surface area contributed by atoms with Crippen LogP contribution in [0, 0.1) is 0 Å². The molecule has 0 aliphatic carbocycles. The number of sulfonamides is 1. The Kier molecular flexibility index (Phi) is 6.09. The third-order valence-electron chi connectivity index (χ3n) is 4.97. The normalized spacial score (nSPS) is 12.0. The van der Waals surface area contributed by atoms with Crippen molar-refractivity contribution in [3.8, 4) is 0 Å². The summed E-state index contributed by atoms with van der Waals surface area (Å²) in [7, 11) is -3.31. The van der Waals surface area contributed by atoms with Gasteiger partial charge < -0.3 is 0 Å². The van der Waals surface area contributed by atoms with Crippen LogP contribution in [0.25, 0.3) is 0 Å². The van der Waals surface area contributed by atoms with Crippen molar-refractivity contribution in [2.45, 2.75) is 18.3 Å². The summed E-state index contributed by atoms with van der Waals surface area (Å²) in [5, 5.41) is 0. The van der Waals surface area contributed by atoms with Crippen LogP contribution in [0.1, 0.15) is 23.1 Å². The molecule has 0 aromatic heterocycles. The van der Waals surface area contributed by atoms with Gasteiger partial charge >= 0.3 is 0 Å². The van der Waals surface area contributed by atoms with E-state index in [4.69, 9.17) is 0 Å². The number of nitrogens with one attached hydrogen (secondary N) is 1.